The number of halogens is 2. The van der Waals surface area contributed by atoms with E-state index in [1.807, 2.05) is 0 Å². The molecule has 0 unspecified atom stereocenters. The standard InChI is InChI=1S/C9H12Cl2O3/c1-5(12)3-4-7-8(9(7,10)11)14-6(2)13/h7-8H,3-4H2,1-2H3/t7-,8+/m0/s1. The summed E-state index contributed by atoms with van der Waals surface area (Å²) in [5.74, 6) is -0.424. The molecule has 0 radical (unpaired) electrons. The molecule has 3 nitrogen and oxygen atoms in total. The number of ether oxygens (including phenoxy) is 1. The molecule has 0 saturated heterocycles. The van der Waals surface area contributed by atoms with Crippen LogP contribution in [0.1, 0.15) is 26.7 Å². The van der Waals surface area contributed by atoms with Crippen LogP contribution in [0.4, 0.5) is 0 Å². The zero-order valence-corrected chi connectivity index (χ0v) is 9.56. The zero-order chi connectivity index (χ0) is 10.9. The van der Waals surface area contributed by atoms with Crippen LogP contribution in [0.2, 0.25) is 0 Å². The molecule has 1 aliphatic rings. The number of esters is 1. The van der Waals surface area contributed by atoms with Crippen molar-refractivity contribution in [3.63, 3.8) is 0 Å². The number of rotatable bonds is 4. The quantitative estimate of drug-likeness (QED) is 0.557. The maximum absolute atomic E-state index is 10.7. The molecule has 0 aromatic rings. The van der Waals surface area contributed by atoms with Crippen LogP contribution in [0.15, 0.2) is 0 Å². The van der Waals surface area contributed by atoms with Gasteiger partial charge in [-0.15, -0.1) is 0 Å². The average Bonchev–Trinajstić information content (AvgIpc) is 2.48. The van der Waals surface area contributed by atoms with E-state index in [9.17, 15) is 9.59 Å². The number of alkyl halides is 2. The summed E-state index contributed by atoms with van der Waals surface area (Å²) in [6.45, 7) is 2.82. The second-order valence-corrected chi connectivity index (χ2v) is 5.00. The van der Waals surface area contributed by atoms with Crippen LogP contribution in [0.25, 0.3) is 0 Å². The van der Waals surface area contributed by atoms with Gasteiger partial charge in [0.25, 0.3) is 0 Å². The first-order chi connectivity index (χ1) is 6.35. The molecule has 0 bridgehead atoms. The average molecular weight is 239 g/mol. The fraction of sp³-hybridized carbons (Fsp3) is 0.778. The Morgan fingerprint density at radius 2 is 1.93 bits per heavy atom. The van der Waals surface area contributed by atoms with Crippen molar-refractivity contribution in [3.8, 4) is 0 Å². The largest absolute Gasteiger partial charge is 0.459 e. The Hall–Kier alpha value is -0.280. The van der Waals surface area contributed by atoms with Crippen molar-refractivity contribution in [1.82, 2.24) is 0 Å². The van der Waals surface area contributed by atoms with Gasteiger partial charge in [0.05, 0.1) is 0 Å². The Bertz CT molecular complexity index is 263. The van der Waals surface area contributed by atoms with Crippen molar-refractivity contribution in [1.29, 1.82) is 0 Å². The van der Waals surface area contributed by atoms with Crippen molar-refractivity contribution >= 4 is 35.0 Å². The maximum atomic E-state index is 10.7. The van der Waals surface area contributed by atoms with E-state index in [0.717, 1.165) is 0 Å². The SMILES string of the molecule is CC(=O)CC[C@H]1[C@@H](OC(C)=O)C1(Cl)Cl. The lowest BCUT2D eigenvalue weighted by atomic mass is 10.2. The highest BCUT2D eigenvalue weighted by molar-refractivity contribution is 6.51. The summed E-state index contributed by atoms with van der Waals surface area (Å²) in [4.78, 5) is 21.4. The number of hydrogen-bond donors (Lipinski definition) is 0. The Morgan fingerprint density at radius 3 is 2.36 bits per heavy atom. The third-order valence-corrected chi connectivity index (χ3v) is 3.22. The maximum Gasteiger partial charge on any atom is 0.303 e. The smallest absolute Gasteiger partial charge is 0.303 e. The lowest BCUT2D eigenvalue weighted by Gasteiger charge is -1.98. The monoisotopic (exact) mass is 238 g/mol. The fourth-order valence-electron chi connectivity index (χ4n) is 1.40. The molecule has 1 fully saturated rings. The predicted molar refractivity (Wildman–Crippen MR) is 53.4 cm³/mol. The number of hydrogen-bond acceptors (Lipinski definition) is 3. The van der Waals surface area contributed by atoms with Crippen LogP contribution in [0.3, 0.4) is 0 Å². The third kappa shape index (κ3) is 2.61. The minimum Gasteiger partial charge on any atom is -0.459 e. The normalized spacial score (nSPS) is 28.3. The molecule has 0 N–H and O–H groups in total. The molecule has 2 atom stereocenters. The Labute approximate surface area is 92.7 Å². The van der Waals surface area contributed by atoms with E-state index in [2.05, 4.69) is 0 Å². The number of carbonyl (C=O) groups is 2. The molecule has 1 rings (SSSR count). The van der Waals surface area contributed by atoms with E-state index in [1.54, 1.807) is 0 Å². The number of carbonyl (C=O) groups excluding carboxylic acids is 2. The number of ketones is 1. The van der Waals surface area contributed by atoms with E-state index in [0.29, 0.717) is 12.8 Å². The summed E-state index contributed by atoms with van der Waals surface area (Å²) in [5.41, 5.74) is 0. The molecule has 1 saturated carbocycles. The van der Waals surface area contributed by atoms with Crippen molar-refractivity contribution in [2.75, 3.05) is 0 Å². The van der Waals surface area contributed by atoms with Crippen molar-refractivity contribution in [2.24, 2.45) is 5.92 Å². The van der Waals surface area contributed by atoms with Gasteiger partial charge < -0.3 is 9.53 Å². The molecule has 0 aliphatic heterocycles. The van der Waals surface area contributed by atoms with Crippen molar-refractivity contribution < 1.29 is 14.3 Å². The first-order valence-electron chi connectivity index (χ1n) is 4.40. The molecule has 5 heteroatoms. The minimum atomic E-state index is -0.999. The van der Waals surface area contributed by atoms with E-state index >= 15 is 0 Å². The summed E-state index contributed by atoms with van der Waals surface area (Å²) in [6, 6.07) is 0. The van der Waals surface area contributed by atoms with Crippen LogP contribution >= 0.6 is 23.2 Å². The van der Waals surface area contributed by atoms with Gasteiger partial charge >= 0.3 is 5.97 Å². The first-order valence-corrected chi connectivity index (χ1v) is 5.15. The first kappa shape index (κ1) is 11.8. The Morgan fingerprint density at radius 1 is 1.36 bits per heavy atom. The van der Waals surface area contributed by atoms with Crippen LogP contribution in [0, 0.1) is 5.92 Å². The topological polar surface area (TPSA) is 43.4 Å². The fourth-order valence-corrected chi connectivity index (χ4v) is 2.12. The zero-order valence-electron chi connectivity index (χ0n) is 8.05. The highest BCUT2D eigenvalue weighted by Gasteiger charge is 2.65. The number of Topliss-reactive ketones (excluding diaryl/α,β-unsaturated/α-hetero) is 1. The summed E-state index contributed by atoms with van der Waals surface area (Å²) in [5, 5.41) is 0. The molecule has 1 aliphatic carbocycles. The van der Waals surface area contributed by atoms with E-state index < -0.39 is 16.4 Å². The molecule has 0 heterocycles. The van der Waals surface area contributed by atoms with E-state index in [-0.39, 0.29) is 11.7 Å². The predicted octanol–water partition coefficient (Wildman–Crippen LogP) is 2.09. The van der Waals surface area contributed by atoms with Crippen LogP contribution in [-0.4, -0.2) is 22.2 Å². The third-order valence-electron chi connectivity index (χ3n) is 2.23. The Kier molecular flexibility index (Phi) is 3.43. The van der Waals surface area contributed by atoms with Gasteiger partial charge in [-0.05, 0) is 13.3 Å². The van der Waals surface area contributed by atoms with Crippen LogP contribution in [0.5, 0.6) is 0 Å². The van der Waals surface area contributed by atoms with Gasteiger partial charge in [-0.1, -0.05) is 23.2 Å². The highest BCUT2D eigenvalue weighted by Crippen LogP contribution is 2.57. The summed E-state index contributed by atoms with van der Waals surface area (Å²) in [6.07, 6.45) is 0.534. The van der Waals surface area contributed by atoms with Gasteiger partial charge in [-0.3, -0.25) is 4.79 Å². The summed E-state index contributed by atoms with van der Waals surface area (Å²) < 4.78 is 3.91. The van der Waals surface area contributed by atoms with Gasteiger partial charge in [0, 0.05) is 19.3 Å². The summed E-state index contributed by atoms with van der Waals surface area (Å²) >= 11 is 11.8. The molecule has 80 valence electrons. The van der Waals surface area contributed by atoms with Gasteiger partial charge in [-0.2, -0.15) is 0 Å². The highest BCUT2D eigenvalue weighted by atomic mass is 35.5. The van der Waals surface area contributed by atoms with Gasteiger partial charge in [0.2, 0.25) is 0 Å². The molecule has 0 spiro atoms. The molecule has 14 heavy (non-hydrogen) atoms. The molecule has 0 aromatic carbocycles. The second-order valence-electron chi connectivity index (χ2n) is 3.55. The van der Waals surface area contributed by atoms with Crippen molar-refractivity contribution in [3.05, 3.63) is 0 Å². The van der Waals surface area contributed by atoms with Crippen molar-refractivity contribution in [2.45, 2.75) is 37.1 Å². The van der Waals surface area contributed by atoms with Gasteiger partial charge in [-0.25, -0.2) is 0 Å². The van der Waals surface area contributed by atoms with Gasteiger partial charge in [0.15, 0.2) is 4.33 Å². The minimum absolute atomic E-state index is 0.0857. The Balaban J connectivity index is 2.40. The van der Waals surface area contributed by atoms with Crippen LogP contribution in [-0.2, 0) is 14.3 Å². The lowest BCUT2D eigenvalue weighted by molar-refractivity contribution is -0.142. The molecule has 0 amide bonds. The molecule has 0 aromatic heterocycles. The van der Waals surface area contributed by atoms with E-state index in [1.165, 1.54) is 13.8 Å². The second kappa shape index (κ2) is 4.07. The van der Waals surface area contributed by atoms with Gasteiger partial charge in [0.1, 0.15) is 11.9 Å². The molecular formula is C9H12Cl2O3. The molecular weight excluding hydrogens is 227 g/mol. The van der Waals surface area contributed by atoms with E-state index in [4.69, 9.17) is 27.9 Å². The summed E-state index contributed by atoms with van der Waals surface area (Å²) in [7, 11) is 0. The lowest BCUT2D eigenvalue weighted by Crippen LogP contribution is -2.06. The van der Waals surface area contributed by atoms with Crippen LogP contribution < -0.4 is 0 Å².